The molecule has 0 fully saturated rings. The van der Waals surface area contributed by atoms with E-state index in [0.29, 0.717) is 0 Å². The normalized spacial score (nSPS) is 10.9. The third kappa shape index (κ3) is 2.25. The Balaban J connectivity index is 2.14. The van der Waals surface area contributed by atoms with Crippen LogP contribution < -0.4 is 0 Å². The molecule has 1 aromatic heterocycles. The lowest BCUT2D eigenvalue weighted by Crippen LogP contribution is -1.97. The van der Waals surface area contributed by atoms with Crippen LogP contribution in [0, 0.1) is 6.92 Å². The van der Waals surface area contributed by atoms with Crippen molar-refractivity contribution >= 4 is 16.7 Å². The first-order valence-electron chi connectivity index (χ1n) is 6.79. The zero-order valence-electron chi connectivity index (χ0n) is 11.8. The number of hydrogen-bond acceptors (Lipinski definition) is 1. The molecule has 2 nitrogen and oxygen atoms in total. The Morgan fingerprint density at radius 2 is 1.85 bits per heavy atom. The van der Waals surface area contributed by atoms with Crippen LogP contribution in [0.2, 0.25) is 0 Å². The summed E-state index contributed by atoms with van der Waals surface area (Å²) >= 11 is 0. The van der Waals surface area contributed by atoms with E-state index in [4.69, 9.17) is 0 Å². The van der Waals surface area contributed by atoms with E-state index in [0.717, 1.165) is 23.0 Å². The molecule has 100 valence electrons. The van der Waals surface area contributed by atoms with Crippen molar-refractivity contribution in [2.75, 3.05) is 0 Å². The molecule has 0 aliphatic carbocycles. The molecule has 1 heterocycles. The van der Waals surface area contributed by atoms with Gasteiger partial charge in [-0.15, -0.1) is 0 Å². The van der Waals surface area contributed by atoms with Gasteiger partial charge in [0, 0.05) is 29.2 Å². The second-order valence-corrected chi connectivity index (χ2v) is 5.23. The first-order valence-corrected chi connectivity index (χ1v) is 6.79. The summed E-state index contributed by atoms with van der Waals surface area (Å²) in [6.07, 6.45) is 1.97. The van der Waals surface area contributed by atoms with Gasteiger partial charge in [-0.1, -0.05) is 42.0 Å². The average Bonchev–Trinajstić information content (AvgIpc) is 2.78. The SMILES string of the molecule is CC(=O)c1cn(Cc2ccccc2)c2ccc(C)cc12. The monoisotopic (exact) mass is 263 g/mol. The minimum absolute atomic E-state index is 0.118. The third-order valence-electron chi connectivity index (χ3n) is 3.61. The molecule has 0 bridgehead atoms. The number of Topliss-reactive ketones (excluding diaryl/α,β-unsaturated/α-hetero) is 1. The lowest BCUT2D eigenvalue weighted by molar-refractivity contribution is 0.101. The van der Waals surface area contributed by atoms with Crippen molar-refractivity contribution in [3.63, 3.8) is 0 Å². The largest absolute Gasteiger partial charge is 0.342 e. The average molecular weight is 263 g/mol. The Bertz CT molecular complexity index is 769. The lowest BCUT2D eigenvalue weighted by atomic mass is 10.1. The predicted octanol–water partition coefficient (Wildman–Crippen LogP) is 4.20. The van der Waals surface area contributed by atoms with Gasteiger partial charge >= 0.3 is 0 Å². The van der Waals surface area contributed by atoms with Crippen molar-refractivity contribution in [2.45, 2.75) is 20.4 Å². The second-order valence-electron chi connectivity index (χ2n) is 5.23. The molecule has 3 aromatic rings. The molecule has 0 saturated carbocycles. The summed E-state index contributed by atoms with van der Waals surface area (Å²) in [5.41, 5.74) is 4.34. The molecular weight excluding hydrogens is 246 g/mol. The van der Waals surface area contributed by atoms with Gasteiger partial charge in [0.15, 0.2) is 5.78 Å². The summed E-state index contributed by atoms with van der Waals surface area (Å²) in [6.45, 7) is 4.47. The van der Waals surface area contributed by atoms with Crippen LogP contribution in [0.1, 0.15) is 28.4 Å². The fraction of sp³-hybridized carbons (Fsp3) is 0.167. The van der Waals surface area contributed by atoms with Gasteiger partial charge in [-0.05, 0) is 31.5 Å². The van der Waals surface area contributed by atoms with Crippen LogP contribution in [0.4, 0.5) is 0 Å². The zero-order chi connectivity index (χ0) is 14.1. The quantitative estimate of drug-likeness (QED) is 0.649. The van der Waals surface area contributed by atoms with Crippen molar-refractivity contribution in [2.24, 2.45) is 0 Å². The molecule has 0 aliphatic rings. The number of ketones is 1. The maximum atomic E-state index is 11.8. The van der Waals surface area contributed by atoms with E-state index < -0.39 is 0 Å². The van der Waals surface area contributed by atoms with E-state index in [-0.39, 0.29) is 5.78 Å². The Morgan fingerprint density at radius 1 is 1.10 bits per heavy atom. The maximum Gasteiger partial charge on any atom is 0.161 e. The van der Waals surface area contributed by atoms with Gasteiger partial charge in [-0.2, -0.15) is 0 Å². The highest BCUT2D eigenvalue weighted by molar-refractivity contribution is 6.07. The highest BCUT2D eigenvalue weighted by Gasteiger charge is 2.12. The van der Waals surface area contributed by atoms with Gasteiger partial charge in [0.25, 0.3) is 0 Å². The van der Waals surface area contributed by atoms with Crippen molar-refractivity contribution in [1.29, 1.82) is 0 Å². The number of benzene rings is 2. The number of aryl methyl sites for hydroxylation is 1. The smallest absolute Gasteiger partial charge is 0.161 e. The fourth-order valence-corrected chi connectivity index (χ4v) is 2.60. The van der Waals surface area contributed by atoms with Gasteiger partial charge in [0.2, 0.25) is 0 Å². The van der Waals surface area contributed by atoms with Crippen LogP contribution in [0.25, 0.3) is 10.9 Å². The number of carbonyl (C=O) groups is 1. The molecule has 20 heavy (non-hydrogen) atoms. The molecule has 0 unspecified atom stereocenters. The van der Waals surface area contributed by atoms with Gasteiger partial charge in [0.05, 0.1) is 0 Å². The van der Waals surface area contributed by atoms with Gasteiger partial charge in [0.1, 0.15) is 0 Å². The van der Waals surface area contributed by atoms with E-state index in [1.165, 1.54) is 11.1 Å². The van der Waals surface area contributed by atoms with Crippen LogP contribution in [-0.2, 0) is 6.54 Å². The summed E-state index contributed by atoms with van der Waals surface area (Å²) in [6, 6.07) is 16.6. The van der Waals surface area contributed by atoms with Crippen LogP contribution in [-0.4, -0.2) is 10.4 Å². The lowest BCUT2D eigenvalue weighted by Gasteiger charge is -2.05. The fourth-order valence-electron chi connectivity index (χ4n) is 2.60. The van der Waals surface area contributed by atoms with E-state index in [2.05, 4.69) is 41.8 Å². The van der Waals surface area contributed by atoms with Crippen LogP contribution in [0.5, 0.6) is 0 Å². The molecule has 0 atom stereocenters. The van der Waals surface area contributed by atoms with Crippen LogP contribution in [0.15, 0.2) is 54.7 Å². The third-order valence-corrected chi connectivity index (χ3v) is 3.61. The second kappa shape index (κ2) is 4.97. The number of nitrogens with zero attached hydrogens (tertiary/aromatic N) is 1. The van der Waals surface area contributed by atoms with Crippen molar-refractivity contribution in [3.8, 4) is 0 Å². The first kappa shape index (κ1) is 12.7. The minimum atomic E-state index is 0.118. The minimum Gasteiger partial charge on any atom is -0.342 e. The molecule has 0 saturated heterocycles. The summed E-state index contributed by atoms with van der Waals surface area (Å²) < 4.78 is 2.15. The maximum absolute atomic E-state index is 11.8. The molecule has 0 aliphatic heterocycles. The number of fused-ring (bicyclic) bond motifs is 1. The van der Waals surface area contributed by atoms with E-state index in [1.807, 2.05) is 24.4 Å². The number of rotatable bonds is 3. The summed E-state index contributed by atoms with van der Waals surface area (Å²) in [7, 11) is 0. The molecule has 0 N–H and O–H groups in total. The van der Waals surface area contributed by atoms with Crippen molar-refractivity contribution < 1.29 is 4.79 Å². The zero-order valence-corrected chi connectivity index (χ0v) is 11.8. The highest BCUT2D eigenvalue weighted by Crippen LogP contribution is 2.24. The molecular formula is C18H17NO. The number of aromatic nitrogens is 1. The van der Waals surface area contributed by atoms with E-state index in [1.54, 1.807) is 6.92 Å². The number of carbonyl (C=O) groups excluding carboxylic acids is 1. The summed E-state index contributed by atoms with van der Waals surface area (Å²) in [5, 5.41) is 1.05. The topological polar surface area (TPSA) is 22.0 Å². The van der Waals surface area contributed by atoms with Gasteiger partial charge in [-0.3, -0.25) is 4.79 Å². The van der Waals surface area contributed by atoms with Crippen LogP contribution in [0.3, 0.4) is 0 Å². The molecule has 3 rings (SSSR count). The highest BCUT2D eigenvalue weighted by atomic mass is 16.1. The molecule has 0 amide bonds. The number of hydrogen-bond donors (Lipinski definition) is 0. The van der Waals surface area contributed by atoms with E-state index >= 15 is 0 Å². The van der Waals surface area contributed by atoms with Crippen molar-refractivity contribution in [1.82, 2.24) is 4.57 Å². The Kier molecular flexibility index (Phi) is 3.15. The predicted molar refractivity (Wildman–Crippen MR) is 82.2 cm³/mol. The Labute approximate surface area is 118 Å². The molecule has 2 heteroatoms. The first-order chi connectivity index (χ1) is 9.65. The van der Waals surface area contributed by atoms with Gasteiger partial charge in [-0.25, -0.2) is 0 Å². The molecule has 0 spiro atoms. The Hall–Kier alpha value is -2.35. The molecule has 2 aromatic carbocycles. The Morgan fingerprint density at radius 3 is 2.55 bits per heavy atom. The summed E-state index contributed by atoms with van der Waals surface area (Å²) in [4.78, 5) is 11.8. The summed E-state index contributed by atoms with van der Waals surface area (Å²) in [5.74, 6) is 0.118. The van der Waals surface area contributed by atoms with Crippen molar-refractivity contribution in [3.05, 3.63) is 71.4 Å². The standard InChI is InChI=1S/C18H17NO/c1-13-8-9-18-16(10-13)17(14(2)20)12-19(18)11-15-6-4-3-5-7-15/h3-10,12H,11H2,1-2H3. The molecule has 0 radical (unpaired) electrons. The van der Waals surface area contributed by atoms with E-state index in [9.17, 15) is 4.79 Å². The van der Waals surface area contributed by atoms with Gasteiger partial charge < -0.3 is 4.57 Å². The van der Waals surface area contributed by atoms with Crippen LogP contribution >= 0.6 is 0 Å².